The standard InChI is InChI=1S/C17H19ClN2O/c18-15-4-2-1-3-14(15)17(21)20-19-16-12-6-10-5-11(8-12)9-13(16)7-10/h1-4,10-13H,5-9H2,(H,20,21). The first-order chi connectivity index (χ1) is 10.2. The van der Waals surface area contributed by atoms with E-state index in [0.717, 1.165) is 11.8 Å². The number of rotatable bonds is 2. The lowest BCUT2D eigenvalue weighted by Crippen LogP contribution is -2.46. The highest BCUT2D eigenvalue weighted by Gasteiger charge is 2.46. The molecule has 0 heterocycles. The van der Waals surface area contributed by atoms with Crippen LogP contribution in [0.4, 0.5) is 0 Å². The second-order valence-electron chi connectivity index (χ2n) is 6.76. The Bertz CT molecular complexity index is 581. The molecule has 4 bridgehead atoms. The van der Waals surface area contributed by atoms with Crippen molar-refractivity contribution < 1.29 is 4.79 Å². The highest BCUT2D eigenvalue weighted by Crippen LogP contribution is 2.52. The van der Waals surface area contributed by atoms with Crippen LogP contribution in [0.15, 0.2) is 29.4 Å². The van der Waals surface area contributed by atoms with Crippen molar-refractivity contribution in [1.82, 2.24) is 5.43 Å². The zero-order valence-corrected chi connectivity index (χ0v) is 12.6. The van der Waals surface area contributed by atoms with Gasteiger partial charge in [0, 0.05) is 5.71 Å². The molecule has 110 valence electrons. The Labute approximate surface area is 129 Å². The van der Waals surface area contributed by atoms with E-state index in [2.05, 4.69) is 10.5 Å². The van der Waals surface area contributed by atoms with Crippen LogP contribution in [0.2, 0.25) is 5.02 Å². The van der Waals surface area contributed by atoms with Gasteiger partial charge >= 0.3 is 0 Å². The van der Waals surface area contributed by atoms with Crippen molar-refractivity contribution in [2.24, 2.45) is 28.8 Å². The van der Waals surface area contributed by atoms with Gasteiger partial charge in [-0.2, -0.15) is 5.10 Å². The smallest absolute Gasteiger partial charge is 0.267 e. The van der Waals surface area contributed by atoms with E-state index >= 15 is 0 Å². The summed E-state index contributed by atoms with van der Waals surface area (Å²) in [5.41, 5.74) is 4.46. The summed E-state index contributed by atoms with van der Waals surface area (Å²) in [5, 5.41) is 4.97. The molecule has 4 heteroatoms. The molecule has 5 rings (SSSR count). The van der Waals surface area contributed by atoms with Gasteiger partial charge in [0.1, 0.15) is 0 Å². The first-order valence-corrected chi connectivity index (χ1v) is 8.21. The fourth-order valence-corrected chi connectivity index (χ4v) is 4.89. The van der Waals surface area contributed by atoms with Gasteiger partial charge in [-0.15, -0.1) is 0 Å². The maximum atomic E-state index is 12.2. The van der Waals surface area contributed by atoms with Gasteiger partial charge in [0.25, 0.3) is 5.91 Å². The van der Waals surface area contributed by atoms with Crippen LogP contribution in [-0.2, 0) is 0 Å². The van der Waals surface area contributed by atoms with Crippen LogP contribution < -0.4 is 5.43 Å². The van der Waals surface area contributed by atoms with E-state index in [1.165, 1.54) is 37.8 Å². The van der Waals surface area contributed by atoms with Crippen molar-refractivity contribution in [3.8, 4) is 0 Å². The van der Waals surface area contributed by atoms with Gasteiger partial charge < -0.3 is 0 Å². The number of hydrogen-bond acceptors (Lipinski definition) is 2. The van der Waals surface area contributed by atoms with E-state index in [0.29, 0.717) is 22.4 Å². The van der Waals surface area contributed by atoms with Gasteiger partial charge in [0.2, 0.25) is 0 Å². The van der Waals surface area contributed by atoms with E-state index in [1.807, 2.05) is 12.1 Å². The molecule has 1 aromatic rings. The fourth-order valence-electron chi connectivity index (χ4n) is 4.67. The van der Waals surface area contributed by atoms with Gasteiger partial charge in [0.15, 0.2) is 0 Å². The van der Waals surface area contributed by atoms with Crippen LogP contribution in [0.25, 0.3) is 0 Å². The van der Waals surface area contributed by atoms with Gasteiger partial charge in [-0.05, 0) is 67.9 Å². The average Bonchev–Trinajstić information content (AvgIpc) is 2.46. The lowest BCUT2D eigenvalue weighted by Gasteiger charge is -2.50. The van der Waals surface area contributed by atoms with Gasteiger partial charge in [-0.3, -0.25) is 4.79 Å². The number of carbonyl (C=O) groups is 1. The number of hydrogen-bond donors (Lipinski definition) is 1. The highest BCUT2D eigenvalue weighted by atomic mass is 35.5. The van der Waals surface area contributed by atoms with Crippen molar-refractivity contribution in [1.29, 1.82) is 0 Å². The zero-order chi connectivity index (χ0) is 14.4. The molecule has 0 radical (unpaired) electrons. The third-order valence-electron chi connectivity index (χ3n) is 5.38. The van der Waals surface area contributed by atoms with Crippen molar-refractivity contribution in [2.45, 2.75) is 32.1 Å². The number of carbonyl (C=O) groups excluding carboxylic acids is 1. The second kappa shape index (κ2) is 5.13. The normalized spacial score (nSPS) is 33.1. The highest BCUT2D eigenvalue weighted by molar-refractivity contribution is 6.33. The molecule has 21 heavy (non-hydrogen) atoms. The van der Waals surface area contributed by atoms with Crippen LogP contribution in [0.5, 0.6) is 0 Å². The van der Waals surface area contributed by atoms with E-state index in [-0.39, 0.29) is 5.91 Å². The molecule has 4 aliphatic carbocycles. The lowest BCUT2D eigenvalue weighted by molar-refractivity contribution is 0.0942. The molecule has 4 aliphatic rings. The van der Waals surface area contributed by atoms with Crippen LogP contribution in [0, 0.1) is 23.7 Å². The second-order valence-corrected chi connectivity index (χ2v) is 7.17. The molecule has 4 saturated carbocycles. The van der Waals surface area contributed by atoms with E-state index in [1.54, 1.807) is 12.1 Å². The molecule has 1 aromatic carbocycles. The van der Waals surface area contributed by atoms with Crippen molar-refractivity contribution in [3.05, 3.63) is 34.9 Å². The predicted molar refractivity (Wildman–Crippen MR) is 83.4 cm³/mol. The monoisotopic (exact) mass is 302 g/mol. The van der Waals surface area contributed by atoms with E-state index in [9.17, 15) is 4.79 Å². The summed E-state index contributed by atoms with van der Waals surface area (Å²) in [6.07, 6.45) is 6.51. The average molecular weight is 303 g/mol. The molecule has 0 aliphatic heterocycles. The van der Waals surface area contributed by atoms with Crippen LogP contribution in [0.1, 0.15) is 42.5 Å². The minimum atomic E-state index is -0.207. The van der Waals surface area contributed by atoms with Crippen molar-refractivity contribution in [2.75, 3.05) is 0 Å². The lowest BCUT2D eigenvalue weighted by atomic mass is 9.55. The molecule has 1 amide bonds. The van der Waals surface area contributed by atoms with Crippen LogP contribution in [0.3, 0.4) is 0 Å². The molecule has 0 atom stereocenters. The Balaban J connectivity index is 1.51. The summed E-state index contributed by atoms with van der Waals surface area (Å²) >= 11 is 6.05. The van der Waals surface area contributed by atoms with E-state index in [4.69, 9.17) is 11.6 Å². The Morgan fingerprint density at radius 2 is 1.67 bits per heavy atom. The molecule has 0 saturated heterocycles. The molecule has 0 aromatic heterocycles. The van der Waals surface area contributed by atoms with Crippen LogP contribution >= 0.6 is 11.6 Å². The number of halogens is 1. The Hall–Kier alpha value is -1.35. The summed E-state index contributed by atoms with van der Waals surface area (Å²) in [7, 11) is 0. The molecule has 0 spiro atoms. The van der Waals surface area contributed by atoms with Gasteiger partial charge in [0.05, 0.1) is 10.6 Å². The van der Waals surface area contributed by atoms with Gasteiger partial charge in [-0.25, -0.2) is 5.43 Å². The summed E-state index contributed by atoms with van der Waals surface area (Å²) in [4.78, 5) is 12.2. The minimum Gasteiger partial charge on any atom is -0.267 e. The zero-order valence-electron chi connectivity index (χ0n) is 11.9. The molecule has 0 unspecified atom stereocenters. The maximum Gasteiger partial charge on any atom is 0.272 e. The molecular weight excluding hydrogens is 284 g/mol. The van der Waals surface area contributed by atoms with Crippen molar-refractivity contribution in [3.63, 3.8) is 0 Å². The topological polar surface area (TPSA) is 41.5 Å². The summed E-state index contributed by atoms with van der Waals surface area (Å²) in [6.45, 7) is 0. The summed E-state index contributed by atoms with van der Waals surface area (Å²) < 4.78 is 0. The van der Waals surface area contributed by atoms with Gasteiger partial charge in [-0.1, -0.05) is 23.7 Å². The first kappa shape index (κ1) is 13.3. The third-order valence-corrected chi connectivity index (χ3v) is 5.71. The largest absolute Gasteiger partial charge is 0.272 e. The SMILES string of the molecule is O=C(NN=C1C2CC3CC(C2)CC1C3)c1ccccc1Cl. The number of nitrogens with one attached hydrogen (secondary N) is 1. The number of amides is 1. The molecule has 3 nitrogen and oxygen atoms in total. The van der Waals surface area contributed by atoms with E-state index < -0.39 is 0 Å². The quantitative estimate of drug-likeness (QED) is 0.828. The maximum absolute atomic E-state index is 12.2. The van der Waals surface area contributed by atoms with Crippen molar-refractivity contribution >= 4 is 23.2 Å². The minimum absolute atomic E-state index is 0.207. The molecule has 1 N–H and O–H groups in total. The Kier molecular flexibility index (Phi) is 3.26. The Morgan fingerprint density at radius 3 is 2.29 bits per heavy atom. The summed E-state index contributed by atoms with van der Waals surface area (Å²) in [6, 6.07) is 7.10. The molecule has 4 fully saturated rings. The Morgan fingerprint density at radius 1 is 1.05 bits per heavy atom. The number of benzene rings is 1. The summed E-state index contributed by atoms with van der Waals surface area (Å²) in [5.74, 6) is 2.82. The fraction of sp³-hybridized carbons (Fsp3) is 0.529. The molecular formula is C17H19ClN2O. The number of hydrazone groups is 1. The third kappa shape index (κ3) is 2.38. The van der Waals surface area contributed by atoms with Crippen LogP contribution in [-0.4, -0.2) is 11.6 Å². The predicted octanol–water partition coefficient (Wildman–Crippen LogP) is 3.88. The number of nitrogens with zero attached hydrogens (tertiary/aromatic N) is 1. The first-order valence-electron chi connectivity index (χ1n) is 7.83.